The zero-order valence-electron chi connectivity index (χ0n) is 10.2. The number of halogens is 1. The maximum absolute atomic E-state index is 11.8. The van der Waals surface area contributed by atoms with Crippen LogP contribution in [-0.4, -0.2) is 11.1 Å². The Morgan fingerprint density at radius 2 is 2.28 bits per heavy atom. The van der Waals surface area contributed by atoms with Crippen LogP contribution in [0.1, 0.15) is 31.2 Å². The Kier molecular flexibility index (Phi) is 2.86. The molecule has 18 heavy (non-hydrogen) atoms. The molecule has 3 unspecified atom stereocenters. The average Bonchev–Trinajstić information content (AvgIpc) is 2.89. The van der Waals surface area contributed by atoms with Gasteiger partial charge in [-0.25, -0.2) is 0 Å². The van der Waals surface area contributed by atoms with Crippen molar-refractivity contribution < 1.29 is 9.90 Å². The molecule has 2 nitrogen and oxygen atoms in total. The molecule has 3 atom stereocenters. The SMILES string of the molecule is O=C(O)C1(Cc2cccc(Cl)c2)CC2CCC1C2. The molecular weight excluding hydrogens is 248 g/mol. The summed E-state index contributed by atoms with van der Waals surface area (Å²) in [6, 6.07) is 7.63. The first-order chi connectivity index (χ1) is 8.60. The second-order valence-electron chi connectivity index (χ2n) is 5.85. The highest BCUT2D eigenvalue weighted by Crippen LogP contribution is 2.57. The minimum atomic E-state index is -0.616. The number of benzene rings is 1. The Labute approximate surface area is 112 Å². The first kappa shape index (κ1) is 12.0. The summed E-state index contributed by atoms with van der Waals surface area (Å²) in [5.74, 6) is 0.374. The van der Waals surface area contributed by atoms with Crippen molar-refractivity contribution in [2.45, 2.75) is 32.1 Å². The van der Waals surface area contributed by atoms with Gasteiger partial charge in [-0.15, -0.1) is 0 Å². The third kappa shape index (κ3) is 1.83. The molecule has 2 bridgehead atoms. The summed E-state index contributed by atoms with van der Waals surface area (Å²) in [5, 5.41) is 10.4. The van der Waals surface area contributed by atoms with Crippen LogP contribution in [0.25, 0.3) is 0 Å². The van der Waals surface area contributed by atoms with Gasteiger partial charge in [-0.3, -0.25) is 4.79 Å². The molecule has 2 saturated carbocycles. The van der Waals surface area contributed by atoms with Crippen LogP contribution in [0.4, 0.5) is 0 Å². The Morgan fingerprint density at radius 3 is 2.83 bits per heavy atom. The molecule has 1 aromatic rings. The third-order valence-electron chi connectivity index (χ3n) is 4.81. The van der Waals surface area contributed by atoms with Crippen LogP contribution >= 0.6 is 11.6 Å². The Bertz CT molecular complexity index is 485. The standard InChI is InChI=1S/C15H17ClO2/c16-13-3-1-2-10(7-13)8-15(14(17)18)9-11-4-5-12(15)6-11/h1-3,7,11-12H,4-6,8-9H2,(H,17,18). The molecule has 0 aromatic heterocycles. The quantitative estimate of drug-likeness (QED) is 0.902. The molecule has 0 spiro atoms. The number of hydrogen-bond donors (Lipinski definition) is 1. The van der Waals surface area contributed by atoms with E-state index in [0.29, 0.717) is 23.3 Å². The zero-order valence-corrected chi connectivity index (χ0v) is 11.0. The number of carbonyl (C=O) groups is 1. The van der Waals surface area contributed by atoms with E-state index in [9.17, 15) is 9.90 Å². The van der Waals surface area contributed by atoms with Gasteiger partial charge in [0.05, 0.1) is 5.41 Å². The van der Waals surface area contributed by atoms with E-state index in [1.54, 1.807) is 0 Å². The summed E-state index contributed by atoms with van der Waals surface area (Å²) in [7, 11) is 0. The van der Waals surface area contributed by atoms with E-state index in [1.807, 2.05) is 24.3 Å². The van der Waals surface area contributed by atoms with E-state index in [-0.39, 0.29) is 0 Å². The fourth-order valence-electron chi connectivity index (χ4n) is 4.01. The van der Waals surface area contributed by atoms with Crippen LogP contribution in [0.3, 0.4) is 0 Å². The first-order valence-corrected chi connectivity index (χ1v) is 6.96. The van der Waals surface area contributed by atoms with Gasteiger partial charge in [0.25, 0.3) is 0 Å². The monoisotopic (exact) mass is 264 g/mol. The lowest BCUT2D eigenvalue weighted by Crippen LogP contribution is -2.38. The molecule has 1 N–H and O–H groups in total. The molecule has 2 aliphatic rings. The topological polar surface area (TPSA) is 37.3 Å². The first-order valence-electron chi connectivity index (χ1n) is 6.58. The minimum Gasteiger partial charge on any atom is -0.481 e. The van der Waals surface area contributed by atoms with Gasteiger partial charge in [0, 0.05) is 5.02 Å². The van der Waals surface area contributed by atoms with Gasteiger partial charge >= 0.3 is 5.97 Å². The van der Waals surface area contributed by atoms with Crippen molar-refractivity contribution in [1.29, 1.82) is 0 Å². The number of fused-ring (bicyclic) bond motifs is 2. The van der Waals surface area contributed by atoms with Crippen LogP contribution in [0.2, 0.25) is 5.02 Å². The normalized spacial score (nSPS) is 33.8. The summed E-state index contributed by atoms with van der Waals surface area (Å²) in [6.45, 7) is 0. The summed E-state index contributed by atoms with van der Waals surface area (Å²) in [4.78, 5) is 11.8. The van der Waals surface area contributed by atoms with Crippen LogP contribution in [0.5, 0.6) is 0 Å². The largest absolute Gasteiger partial charge is 0.481 e. The highest BCUT2D eigenvalue weighted by molar-refractivity contribution is 6.30. The van der Waals surface area contributed by atoms with E-state index in [4.69, 9.17) is 11.6 Å². The van der Waals surface area contributed by atoms with Gasteiger partial charge in [-0.1, -0.05) is 30.2 Å². The minimum absolute atomic E-state index is 0.360. The van der Waals surface area contributed by atoms with Crippen molar-refractivity contribution in [2.24, 2.45) is 17.3 Å². The van der Waals surface area contributed by atoms with Crippen molar-refractivity contribution in [3.63, 3.8) is 0 Å². The fourth-order valence-corrected chi connectivity index (χ4v) is 4.22. The van der Waals surface area contributed by atoms with Crippen LogP contribution in [-0.2, 0) is 11.2 Å². The molecule has 3 heteroatoms. The molecule has 0 aliphatic heterocycles. The Balaban J connectivity index is 1.90. The molecular formula is C15H17ClO2. The van der Waals surface area contributed by atoms with Crippen LogP contribution in [0, 0.1) is 17.3 Å². The van der Waals surface area contributed by atoms with Crippen molar-refractivity contribution in [2.75, 3.05) is 0 Å². The number of carboxylic acid groups (broad SMARTS) is 1. The van der Waals surface area contributed by atoms with Crippen LogP contribution < -0.4 is 0 Å². The maximum atomic E-state index is 11.8. The van der Waals surface area contributed by atoms with Gasteiger partial charge in [0.2, 0.25) is 0 Å². The zero-order chi connectivity index (χ0) is 12.8. The summed E-state index contributed by atoms with van der Waals surface area (Å²) < 4.78 is 0. The fraction of sp³-hybridized carbons (Fsp3) is 0.533. The van der Waals surface area contributed by atoms with Crippen molar-refractivity contribution >= 4 is 17.6 Å². The van der Waals surface area contributed by atoms with Gasteiger partial charge in [-0.05, 0) is 55.2 Å². The molecule has 3 rings (SSSR count). The second-order valence-corrected chi connectivity index (χ2v) is 6.28. The van der Waals surface area contributed by atoms with E-state index in [2.05, 4.69) is 0 Å². The lowest BCUT2D eigenvalue weighted by atomic mass is 9.69. The number of aliphatic carboxylic acids is 1. The summed E-state index contributed by atoms with van der Waals surface area (Å²) >= 11 is 5.99. The molecule has 0 heterocycles. The second kappa shape index (κ2) is 4.27. The van der Waals surface area contributed by atoms with Crippen LogP contribution in [0.15, 0.2) is 24.3 Å². The van der Waals surface area contributed by atoms with E-state index in [0.717, 1.165) is 24.8 Å². The van der Waals surface area contributed by atoms with Gasteiger partial charge in [-0.2, -0.15) is 0 Å². The van der Waals surface area contributed by atoms with Crippen molar-refractivity contribution in [3.05, 3.63) is 34.9 Å². The molecule has 1 aromatic carbocycles. The molecule has 0 saturated heterocycles. The van der Waals surface area contributed by atoms with E-state index >= 15 is 0 Å². The van der Waals surface area contributed by atoms with Gasteiger partial charge < -0.3 is 5.11 Å². The molecule has 2 fully saturated rings. The smallest absolute Gasteiger partial charge is 0.310 e. The van der Waals surface area contributed by atoms with E-state index < -0.39 is 11.4 Å². The van der Waals surface area contributed by atoms with Gasteiger partial charge in [0.15, 0.2) is 0 Å². The van der Waals surface area contributed by atoms with Gasteiger partial charge in [0.1, 0.15) is 0 Å². The molecule has 2 aliphatic carbocycles. The lowest BCUT2D eigenvalue weighted by Gasteiger charge is -2.33. The Morgan fingerprint density at radius 1 is 1.44 bits per heavy atom. The average molecular weight is 265 g/mol. The predicted octanol–water partition coefficient (Wildman–Crippen LogP) is 3.77. The van der Waals surface area contributed by atoms with Crippen molar-refractivity contribution in [1.82, 2.24) is 0 Å². The highest BCUT2D eigenvalue weighted by Gasteiger charge is 2.55. The summed E-state index contributed by atoms with van der Waals surface area (Å²) in [5.41, 5.74) is 0.519. The predicted molar refractivity (Wildman–Crippen MR) is 70.7 cm³/mol. The maximum Gasteiger partial charge on any atom is 0.310 e. The molecule has 0 amide bonds. The van der Waals surface area contributed by atoms with Crippen molar-refractivity contribution in [3.8, 4) is 0 Å². The Hall–Kier alpha value is -1.02. The lowest BCUT2D eigenvalue weighted by molar-refractivity contribution is -0.152. The number of hydrogen-bond acceptors (Lipinski definition) is 1. The molecule has 96 valence electrons. The number of carboxylic acids is 1. The third-order valence-corrected chi connectivity index (χ3v) is 5.05. The van der Waals surface area contributed by atoms with E-state index in [1.165, 1.54) is 6.42 Å². The summed E-state index contributed by atoms with van der Waals surface area (Å²) in [6.07, 6.45) is 4.88. The highest BCUT2D eigenvalue weighted by atomic mass is 35.5. The molecule has 0 radical (unpaired) electrons. The number of rotatable bonds is 3.